The van der Waals surface area contributed by atoms with Gasteiger partial charge in [0.05, 0.1) is 6.42 Å². The number of carbonyl (C=O) groups excluding carboxylic acids is 2. The van der Waals surface area contributed by atoms with Crippen LogP contribution in [0, 0.1) is 11.8 Å². The summed E-state index contributed by atoms with van der Waals surface area (Å²) in [5.41, 5.74) is 0. The number of Topliss-reactive ketones (excluding diaryl/α,β-unsaturated/α-hetero) is 1. The van der Waals surface area contributed by atoms with Crippen molar-refractivity contribution in [2.24, 2.45) is 11.8 Å². The van der Waals surface area contributed by atoms with E-state index >= 15 is 0 Å². The van der Waals surface area contributed by atoms with Gasteiger partial charge in [-0.15, -0.1) is 0 Å². The van der Waals surface area contributed by atoms with Crippen molar-refractivity contribution in [3.8, 4) is 0 Å². The van der Waals surface area contributed by atoms with Crippen molar-refractivity contribution in [3.05, 3.63) is 12.2 Å². The van der Waals surface area contributed by atoms with Gasteiger partial charge in [-0.05, 0) is 37.9 Å². The zero-order valence-corrected chi connectivity index (χ0v) is 17.6. The van der Waals surface area contributed by atoms with Crippen LogP contribution in [0.3, 0.4) is 0 Å². The zero-order valence-electron chi connectivity index (χ0n) is 16.6. The molecule has 0 aromatic heterocycles. The highest BCUT2D eigenvalue weighted by Crippen LogP contribution is 2.42. The highest BCUT2D eigenvalue weighted by atomic mass is 28.4. The van der Waals surface area contributed by atoms with Gasteiger partial charge in [0.15, 0.2) is 8.32 Å². The third-order valence-corrected chi connectivity index (χ3v) is 10.6. The number of allylic oxidation sites excluding steroid dienone is 1. The standard InChI is InChI=1S/C20H34O4Si/c1-14-9-7-8-10-15-16(13-19(22)23-14)18(12-11-17(15)21)24-25(5,6)20(2,3)4/h7-8,14-16,18H,9-13H2,1-6H3/b8-7-/t14-,15+,16+,18-/m0/s1. The molecular weight excluding hydrogens is 332 g/mol. The number of ketones is 1. The first-order valence-electron chi connectivity index (χ1n) is 9.56. The monoisotopic (exact) mass is 366 g/mol. The van der Waals surface area contributed by atoms with Crippen molar-refractivity contribution in [2.45, 2.75) is 90.1 Å². The van der Waals surface area contributed by atoms with Crippen LogP contribution in [0.15, 0.2) is 12.2 Å². The Labute approximate surface area is 153 Å². The number of carbonyl (C=O) groups is 2. The molecule has 5 heteroatoms. The number of cyclic esters (lactones) is 1. The molecule has 0 N–H and O–H groups in total. The summed E-state index contributed by atoms with van der Waals surface area (Å²) in [6, 6.07) is 0. The van der Waals surface area contributed by atoms with E-state index in [0.29, 0.717) is 19.3 Å². The second-order valence-electron chi connectivity index (χ2n) is 9.14. The van der Waals surface area contributed by atoms with Gasteiger partial charge in [0.2, 0.25) is 0 Å². The molecule has 0 aromatic carbocycles. The normalized spacial score (nSPS) is 33.4. The number of fused-ring (bicyclic) bond motifs is 1. The molecule has 0 unspecified atom stereocenters. The predicted octanol–water partition coefficient (Wildman–Crippen LogP) is 4.64. The van der Waals surface area contributed by atoms with Crippen LogP contribution < -0.4 is 0 Å². The number of hydrogen-bond acceptors (Lipinski definition) is 4. The lowest BCUT2D eigenvalue weighted by molar-refractivity contribution is -0.152. The summed E-state index contributed by atoms with van der Waals surface area (Å²) in [7, 11) is -1.96. The minimum atomic E-state index is -1.96. The van der Waals surface area contributed by atoms with Gasteiger partial charge in [-0.25, -0.2) is 0 Å². The summed E-state index contributed by atoms with van der Waals surface area (Å²) in [4.78, 5) is 24.9. The minimum absolute atomic E-state index is 0.0284. The van der Waals surface area contributed by atoms with E-state index in [1.165, 1.54) is 0 Å². The first-order chi connectivity index (χ1) is 11.5. The molecule has 1 saturated carbocycles. The van der Waals surface area contributed by atoms with Gasteiger partial charge in [-0.1, -0.05) is 32.9 Å². The highest BCUT2D eigenvalue weighted by molar-refractivity contribution is 6.74. The van der Waals surface area contributed by atoms with Gasteiger partial charge in [0, 0.05) is 30.8 Å². The Hall–Kier alpha value is -0.943. The Morgan fingerprint density at radius 3 is 2.44 bits per heavy atom. The Morgan fingerprint density at radius 2 is 1.80 bits per heavy atom. The number of rotatable bonds is 2. The highest BCUT2D eigenvalue weighted by Gasteiger charge is 2.45. The molecule has 2 aliphatic rings. The molecule has 25 heavy (non-hydrogen) atoms. The van der Waals surface area contributed by atoms with E-state index < -0.39 is 8.32 Å². The minimum Gasteiger partial charge on any atom is -0.462 e. The number of hydrogen-bond donors (Lipinski definition) is 0. The van der Waals surface area contributed by atoms with Crippen LogP contribution in [0.4, 0.5) is 0 Å². The van der Waals surface area contributed by atoms with Gasteiger partial charge in [0.25, 0.3) is 0 Å². The molecule has 2 rings (SSSR count). The van der Waals surface area contributed by atoms with Crippen LogP contribution in [-0.2, 0) is 18.8 Å². The molecule has 0 radical (unpaired) electrons. The van der Waals surface area contributed by atoms with E-state index in [2.05, 4.69) is 39.9 Å². The van der Waals surface area contributed by atoms with E-state index in [-0.39, 0.29) is 47.3 Å². The van der Waals surface area contributed by atoms with Crippen LogP contribution >= 0.6 is 0 Å². The number of ether oxygens (including phenoxy) is 1. The zero-order chi connectivity index (χ0) is 18.8. The molecule has 4 atom stereocenters. The topological polar surface area (TPSA) is 52.6 Å². The van der Waals surface area contributed by atoms with Crippen molar-refractivity contribution < 1.29 is 18.8 Å². The number of esters is 1. The lowest BCUT2D eigenvalue weighted by Gasteiger charge is -2.44. The van der Waals surface area contributed by atoms with Gasteiger partial charge < -0.3 is 9.16 Å². The fourth-order valence-electron chi connectivity index (χ4n) is 3.51. The maximum Gasteiger partial charge on any atom is 0.306 e. The summed E-state index contributed by atoms with van der Waals surface area (Å²) < 4.78 is 12.2. The van der Waals surface area contributed by atoms with Gasteiger partial charge in [-0.2, -0.15) is 0 Å². The fourth-order valence-corrected chi connectivity index (χ4v) is 4.91. The van der Waals surface area contributed by atoms with Crippen LogP contribution in [0.1, 0.15) is 59.8 Å². The molecule has 0 bridgehead atoms. The van der Waals surface area contributed by atoms with E-state index in [1.54, 1.807) is 0 Å². The Balaban J connectivity index is 2.26. The van der Waals surface area contributed by atoms with Crippen molar-refractivity contribution in [1.82, 2.24) is 0 Å². The average Bonchev–Trinajstić information content (AvgIpc) is 2.47. The van der Waals surface area contributed by atoms with E-state index in [1.807, 2.05) is 13.0 Å². The molecule has 142 valence electrons. The molecule has 0 amide bonds. The summed E-state index contributed by atoms with van der Waals surface area (Å²) in [5.74, 6) is -0.124. The van der Waals surface area contributed by atoms with Crippen LogP contribution in [0.2, 0.25) is 18.1 Å². The molecular formula is C20H34O4Si. The van der Waals surface area contributed by atoms with E-state index in [9.17, 15) is 9.59 Å². The van der Waals surface area contributed by atoms with Crippen LogP contribution in [0.5, 0.6) is 0 Å². The molecule has 1 heterocycles. The lowest BCUT2D eigenvalue weighted by atomic mass is 9.73. The van der Waals surface area contributed by atoms with E-state index in [0.717, 1.165) is 6.42 Å². The Kier molecular flexibility index (Phi) is 6.31. The van der Waals surface area contributed by atoms with Gasteiger partial charge in [-0.3, -0.25) is 9.59 Å². The molecule has 0 spiro atoms. The second-order valence-corrected chi connectivity index (χ2v) is 13.9. The molecule has 1 aliphatic heterocycles. The first-order valence-corrected chi connectivity index (χ1v) is 12.5. The maximum absolute atomic E-state index is 12.5. The fraction of sp³-hybridized carbons (Fsp3) is 0.800. The van der Waals surface area contributed by atoms with E-state index in [4.69, 9.17) is 9.16 Å². The Morgan fingerprint density at radius 1 is 1.16 bits per heavy atom. The third-order valence-electron chi connectivity index (χ3n) is 6.10. The summed E-state index contributed by atoms with van der Waals surface area (Å²) in [5, 5.41) is 0.106. The van der Waals surface area contributed by atoms with Crippen molar-refractivity contribution in [1.29, 1.82) is 0 Å². The van der Waals surface area contributed by atoms with Gasteiger partial charge >= 0.3 is 5.97 Å². The smallest absolute Gasteiger partial charge is 0.306 e. The molecule has 4 nitrogen and oxygen atoms in total. The van der Waals surface area contributed by atoms with Crippen LogP contribution in [0.25, 0.3) is 0 Å². The lowest BCUT2D eigenvalue weighted by Crippen LogP contribution is -2.50. The predicted molar refractivity (Wildman–Crippen MR) is 102 cm³/mol. The second kappa shape index (κ2) is 7.75. The SMILES string of the molecule is C[C@H]1C/C=C\C[C@H]2C(=O)CC[C@H](O[Si](C)(C)C(C)(C)C)[C@@H]2CC(=O)O1. The molecule has 0 saturated heterocycles. The Bertz CT molecular complexity index is 532. The van der Waals surface area contributed by atoms with Crippen molar-refractivity contribution >= 4 is 20.1 Å². The summed E-state index contributed by atoms with van der Waals surface area (Å²) >= 11 is 0. The summed E-state index contributed by atoms with van der Waals surface area (Å²) in [6.07, 6.45) is 6.96. The van der Waals surface area contributed by atoms with Crippen LogP contribution in [-0.4, -0.2) is 32.3 Å². The molecule has 1 fully saturated rings. The third kappa shape index (κ3) is 5.04. The van der Waals surface area contributed by atoms with Crippen molar-refractivity contribution in [2.75, 3.05) is 0 Å². The molecule has 1 aliphatic carbocycles. The summed E-state index contributed by atoms with van der Waals surface area (Å²) in [6.45, 7) is 13.0. The quantitative estimate of drug-likeness (QED) is 0.406. The van der Waals surface area contributed by atoms with Gasteiger partial charge in [0.1, 0.15) is 11.9 Å². The average molecular weight is 367 g/mol. The molecule has 0 aromatic rings. The van der Waals surface area contributed by atoms with Crippen molar-refractivity contribution in [3.63, 3.8) is 0 Å². The first kappa shape index (κ1) is 20.4. The maximum atomic E-state index is 12.5. The largest absolute Gasteiger partial charge is 0.462 e.